The molecule has 35 heavy (non-hydrogen) atoms. The van der Waals surface area contributed by atoms with Gasteiger partial charge in [0, 0.05) is 27.8 Å². The van der Waals surface area contributed by atoms with E-state index in [9.17, 15) is 18.7 Å². The molecule has 0 spiro atoms. The molecule has 4 rings (SSSR count). The van der Waals surface area contributed by atoms with Crippen molar-refractivity contribution in [1.29, 1.82) is 0 Å². The molecule has 0 atom stereocenters. The molecule has 0 unspecified atom stereocenters. The quantitative estimate of drug-likeness (QED) is 0.235. The maximum Gasteiger partial charge on any atom is 0.336 e. The number of halogens is 2. The van der Waals surface area contributed by atoms with Crippen LogP contribution in [0.2, 0.25) is 0 Å². The lowest BCUT2D eigenvalue weighted by Gasteiger charge is -2.10. The average Bonchev–Trinajstić information content (AvgIpc) is 2.86. The second kappa shape index (κ2) is 11.5. The zero-order valence-electron chi connectivity index (χ0n) is 18.6. The molecule has 0 radical (unpaired) electrons. The lowest BCUT2D eigenvalue weighted by atomic mass is 10.1. The molecule has 0 aliphatic heterocycles. The van der Waals surface area contributed by atoms with Crippen molar-refractivity contribution in [2.75, 3.05) is 13.2 Å². The van der Waals surface area contributed by atoms with Gasteiger partial charge < -0.3 is 14.6 Å². The predicted octanol–water partition coefficient (Wildman–Crippen LogP) is 7.33. The second-order valence-electron chi connectivity index (χ2n) is 7.57. The highest BCUT2D eigenvalue weighted by molar-refractivity contribution is 7.99. The van der Waals surface area contributed by atoms with Gasteiger partial charge in [0.15, 0.2) is 0 Å². The van der Waals surface area contributed by atoms with Crippen molar-refractivity contribution in [2.24, 2.45) is 0 Å². The zero-order valence-corrected chi connectivity index (χ0v) is 19.4. The molecule has 0 bridgehead atoms. The highest BCUT2D eigenvalue weighted by atomic mass is 32.2. The molecule has 4 aromatic carbocycles. The summed E-state index contributed by atoms with van der Waals surface area (Å²) in [5.41, 5.74) is 1.25. The van der Waals surface area contributed by atoms with Gasteiger partial charge in [0.25, 0.3) is 0 Å². The molecule has 0 saturated heterocycles. The number of rotatable bonds is 10. The van der Waals surface area contributed by atoms with Gasteiger partial charge in [-0.3, -0.25) is 0 Å². The minimum Gasteiger partial charge on any atom is -0.493 e. The van der Waals surface area contributed by atoms with Crippen LogP contribution < -0.4 is 9.47 Å². The van der Waals surface area contributed by atoms with E-state index in [4.69, 9.17) is 9.47 Å². The number of carbonyl (C=O) groups is 1. The van der Waals surface area contributed by atoms with Gasteiger partial charge in [0.1, 0.15) is 23.1 Å². The normalized spacial score (nSPS) is 10.7. The van der Waals surface area contributed by atoms with Gasteiger partial charge in [0.2, 0.25) is 0 Å². The van der Waals surface area contributed by atoms with Crippen LogP contribution in [0.25, 0.3) is 11.1 Å². The van der Waals surface area contributed by atoms with E-state index in [1.807, 2.05) is 30.3 Å². The third kappa shape index (κ3) is 6.61. The van der Waals surface area contributed by atoms with E-state index in [0.717, 1.165) is 11.0 Å². The summed E-state index contributed by atoms with van der Waals surface area (Å²) >= 11 is 1.39. The van der Waals surface area contributed by atoms with Gasteiger partial charge in [-0.1, -0.05) is 36.0 Å². The first-order valence-electron chi connectivity index (χ1n) is 10.9. The summed E-state index contributed by atoms with van der Waals surface area (Å²) in [4.78, 5) is 13.0. The minimum atomic E-state index is -0.951. The number of carboxylic acid groups (broad SMARTS) is 1. The first kappa shape index (κ1) is 24.3. The molecule has 0 aliphatic rings. The Morgan fingerprint density at radius 1 is 0.800 bits per heavy atom. The second-order valence-corrected chi connectivity index (χ2v) is 8.69. The van der Waals surface area contributed by atoms with E-state index in [1.165, 1.54) is 23.9 Å². The smallest absolute Gasteiger partial charge is 0.336 e. The molecule has 0 aliphatic carbocycles. The van der Waals surface area contributed by atoms with Crippen LogP contribution in [0.3, 0.4) is 0 Å². The van der Waals surface area contributed by atoms with Crippen molar-refractivity contribution in [1.82, 2.24) is 0 Å². The van der Waals surface area contributed by atoms with Crippen molar-refractivity contribution >= 4 is 17.7 Å². The van der Waals surface area contributed by atoms with Crippen molar-refractivity contribution < 1.29 is 28.2 Å². The Hall–Kier alpha value is -3.84. The van der Waals surface area contributed by atoms with Crippen LogP contribution >= 0.6 is 11.8 Å². The fraction of sp³-hybridized carbons (Fsp3) is 0.107. The number of carboxylic acids is 1. The van der Waals surface area contributed by atoms with Gasteiger partial charge in [-0.25, -0.2) is 13.6 Å². The van der Waals surface area contributed by atoms with Crippen molar-refractivity contribution in [2.45, 2.75) is 16.2 Å². The molecule has 0 amide bonds. The van der Waals surface area contributed by atoms with Crippen LogP contribution in [0, 0.1) is 11.6 Å². The van der Waals surface area contributed by atoms with E-state index in [-0.39, 0.29) is 5.56 Å². The van der Waals surface area contributed by atoms with E-state index in [1.54, 1.807) is 42.5 Å². The monoisotopic (exact) mass is 492 g/mol. The number of benzene rings is 4. The summed E-state index contributed by atoms with van der Waals surface area (Å²) in [7, 11) is 0. The minimum absolute atomic E-state index is 0.273. The molecule has 0 fully saturated rings. The molecular formula is C28H22F2O4S. The highest BCUT2D eigenvalue weighted by Crippen LogP contribution is 2.31. The number of aromatic carboxylic acids is 1. The van der Waals surface area contributed by atoms with Gasteiger partial charge in [-0.2, -0.15) is 0 Å². The summed E-state index contributed by atoms with van der Waals surface area (Å²) in [5.74, 6) is -0.795. The van der Waals surface area contributed by atoms with Crippen LogP contribution in [0.4, 0.5) is 8.78 Å². The SMILES string of the molecule is O=C(O)c1ccccc1Sc1ccc(OCCCOc2ccc(-c3ccc(F)cc3F)cc2)cc1. The van der Waals surface area contributed by atoms with Crippen molar-refractivity contribution in [3.05, 3.63) is 108 Å². The Balaban J connectivity index is 1.21. The zero-order chi connectivity index (χ0) is 24.6. The molecule has 0 heterocycles. The van der Waals surface area contributed by atoms with Gasteiger partial charge in [-0.15, -0.1) is 0 Å². The number of hydrogen-bond donors (Lipinski definition) is 1. The third-order valence-electron chi connectivity index (χ3n) is 5.09. The summed E-state index contributed by atoms with van der Waals surface area (Å²) in [6.07, 6.45) is 0.664. The summed E-state index contributed by atoms with van der Waals surface area (Å²) in [6, 6.07) is 24.8. The van der Waals surface area contributed by atoms with Crippen molar-refractivity contribution in [3.8, 4) is 22.6 Å². The van der Waals surface area contributed by atoms with Gasteiger partial charge in [0.05, 0.1) is 18.8 Å². The van der Waals surface area contributed by atoms with Crippen molar-refractivity contribution in [3.63, 3.8) is 0 Å². The fourth-order valence-corrected chi connectivity index (χ4v) is 4.29. The topological polar surface area (TPSA) is 55.8 Å². The summed E-state index contributed by atoms with van der Waals surface area (Å²) < 4.78 is 38.5. The van der Waals surface area contributed by atoms with E-state index < -0.39 is 17.6 Å². The molecule has 178 valence electrons. The van der Waals surface area contributed by atoms with Gasteiger partial charge in [-0.05, 0) is 66.2 Å². The molecule has 4 nitrogen and oxygen atoms in total. The molecular weight excluding hydrogens is 470 g/mol. The molecule has 0 aromatic heterocycles. The molecule has 7 heteroatoms. The molecule has 4 aromatic rings. The first-order valence-corrected chi connectivity index (χ1v) is 11.7. The fourth-order valence-electron chi connectivity index (χ4n) is 3.36. The molecule has 1 N–H and O–H groups in total. The Kier molecular flexibility index (Phi) is 8.00. The number of ether oxygens (including phenoxy) is 2. The third-order valence-corrected chi connectivity index (χ3v) is 6.18. The largest absolute Gasteiger partial charge is 0.493 e. The number of hydrogen-bond acceptors (Lipinski definition) is 4. The average molecular weight is 493 g/mol. The highest BCUT2D eigenvalue weighted by Gasteiger charge is 2.10. The Morgan fingerprint density at radius 2 is 1.43 bits per heavy atom. The Morgan fingerprint density at radius 3 is 2.06 bits per heavy atom. The summed E-state index contributed by atoms with van der Waals surface area (Å²) in [6.45, 7) is 0.914. The summed E-state index contributed by atoms with van der Waals surface area (Å²) in [5, 5.41) is 9.31. The maximum absolute atomic E-state index is 13.9. The van der Waals surface area contributed by atoms with Crippen LogP contribution in [-0.4, -0.2) is 24.3 Å². The first-order chi connectivity index (χ1) is 17.0. The maximum atomic E-state index is 13.9. The van der Waals surface area contributed by atoms with Gasteiger partial charge >= 0.3 is 5.97 Å². The Labute approximate surface area is 206 Å². The lowest BCUT2D eigenvalue weighted by Crippen LogP contribution is -2.05. The van der Waals surface area contributed by atoms with Crippen LogP contribution in [0.1, 0.15) is 16.8 Å². The lowest BCUT2D eigenvalue weighted by molar-refractivity contribution is 0.0693. The van der Waals surface area contributed by atoms with Crippen LogP contribution in [0.15, 0.2) is 101 Å². The Bertz CT molecular complexity index is 1290. The van der Waals surface area contributed by atoms with E-state index >= 15 is 0 Å². The predicted molar refractivity (Wildman–Crippen MR) is 131 cm³/mol. The standard InChI is InChI=1S/C28H22F2O4S/c29-20-8-15-24(26(30)18-20)19-6-9-21(10-7-19)33-16-3-17-34-22-11-13-23(14-12-22)35-27-5-2-1-4-25(27)28(31)32/h1-2,4-15,18H,3,16-17H2,(H,31,32). The van der Waals surface area contributed by atoms with E-state index in [0.29, 0.717) is 47.2 Å². The van der Waals surface area contributed by atoms with Crippen LogP contribution in [0.5, 0.6) is 11.5 Å². The molecule has 0 saturated carbocycles. The van der Waals surface area contributed by atoms with Crippen LogP contribution in [-0.2, 0) is 0 Å². The van der Waals surface area contributed by atoms with E-state index in [2.05, 4.69) is 0 Å².